The number of aryl methyl sites for hydroxylation is 1. The van der Waals surface area contributed by atoms with Gasteiger partial charge in [0, 0.05) is 0 Å². The molecule has 1 aromatic heterocycles. The molecular weight excluding hydrogens is 262 g/mol. The number of amides is 1. The number of hydrogen-bond donors (Lipinski definition) is 2. The highest BCUT2D eigenvalue weighted by molar-refractivity contribution is 7.08. The van der Waals surface area contributed by atoms with Gasteiger partial charge >= 0.3 is 0 Å². The lowest BCUT2D eigenvalue weighted by Gasteiger charge is -2.39. The topological polar surface area (TPSA) is 75.1 Å². The van der Waals surface area contributed by atoms with Crippen LogP contribution >= 0.6 is 11.5 Å². The van der Waals surface area contributed by atoms with E-state index < -0.39 is 5.54 Å². The fourth-order valence-electron chi connectivity index (χ4n) is 2.87. The van der Waals surface area contributed by atoms with Gasteiger partial charge in [0.1, 0.15) is 4.88 Å². The van der Waals surface area contributed by atoms with E-state index in [1.54, 1.807) is 0 Å². The number of carbonyl (C=O) groups is 1. The summed E-state index contributed by atoms with van der Waals surface area (Å²) in [6, 6.07) is 0. The summed E-state index contributed by atoms with van der Waals surface area (Å²) in [6.45, 7) is 4.12. The van der Waals surface area contributed by atoms with Crippen molar-refractivity contribution in [2.45, 2.75) is 51.5 Å². The van der Waals surface area contributed by atoms with Crippen molar-refractivity contribution in [3.05, 3.63) is 10.6 Å². The molecular formula is C13H21N3O2S. The first kappa shape index (κ1) is 14.4. The predicted octanol–water partition coefficient (Wildman–Crippen LogP) is 1.77. The smallest absolute Gasteiger partial charge is 0.265 e. The van der Waals surface area contributed by atoms with E-state index in [0.717, 1.165) is 36.5 Å². The van der Waals surface area contributed by atoms with E-state index in [0.29, 0.717) is 17.2 Å². The highest BCUT2D eigenvalue weighted by atomic mass is 32.1. The Hall–Kier alpha value is -1.01. The minimum Gasteiger partial charge on any atom is -0.394 e. The van der Waals surface area contributed by atoms with E-state index in [1.807, 2.05) is 6.92 Å². The number of nitrogens with zero attached hydrogens (tertiary/aromatic N) is 2. The minimum absolute atomic E-state index is 0.00320. The Kier molecular flexibility index (Phi) is 4.52. The molecule has 1 amide bonds. The molecule has 5 nitrogen and oxygen atoms in total. The third-order valence-corrected chi connectivity index (χ3v) is 4.64. The molecule has 0 bridgehead atoms. The Bertz CT molecular complexity index is 449. The number of aliphatic hydroxyl groups excluding tert-OH is 1. The van der Waals surface area contributed by atoms with Gasteiger partial charge in [0.15, 0.2) is 0 Å². The molecule has 2 rings (SSSR count). The lowest BCUT2D eigenvalue weighted by Crippen LogP contribution is -2.53. The van der Waals surface area contributed by atoms with Gasteiger partial charge in [-0.05, 0) is 36.7 Å². The summed E-state index contributed by atoms with van der Waals surface area (Å²) in [4.78, 5) is 12.9. The SMILES string of the molecule is CCc1nnsc1C(=O)NC1(CO)CCCC(C)C1. The van der Waals surface area contributed by atoms with Crippen molar-refractivity contribution < 1.29 is 9.90 Å². The molecule has 2 N–H and O–H groups in total. The first-order valence-corrected chi connectivity index (χ1v) is 7.62. The largest absolute Gasteiger partial charge is 0.394 e. The Morgan fingerprint density at radius 3 is 3.05 bits per heavy atom. The van der Waals surface area contributed by atoms with Gasteiger partial charge < -0.3 is 10.4 Å². The summed E-state index contributed by atoms with van der Waals surface area (Å²) in [5.41, 5.74) is 0.267. The first-order valence-electron chi connectivity index (χ1n) is 6.85. The number of aliphatic hydroxyl groups is 1. The highest BCUT2D eigenvalue weighted by Gasteiger charge is 2.36. The minimum atomic E-state index is -0.469. The molecule has 0 aromatic carbocycles. The summed E-state index contributed by atoms with van der Waals surface area (Å²) >= 11 is 1.13. The predicted molar refractivity (Wildman–Crippen MR) is 74.2 cm³/mol. The maximum Gasteiger partial charge on any atom is 0.265 e. The van der Waals surface area contributed by atoms with E-state index in [4.69, 9.17) is 0 Å². The molecule has 0 saturated heterocycles. The second-order valence-electron chi connectivity index (χ2n) is 5.50. The van der Waals surface area contributed by atoms with Gasteiger partial charge in [0.25, 0.3) is 5.91 Å². The van der Waals surface area contributed by atoms with Gasteiger partial charge in [-0.2, -0.15) is 0 Å². The Morgan fingerprint density at radius 1 is 1.63 bits per heavy atom. The van der Waals surface area contributed by atoms with Crippen LogP contribution in [0.2, 0.25) is 0 Å². The lowest BCUT2D eigenvalue weighted by molar-refractivity contribution is 0.0699. The zero-order chi connectivity index (χ0) is 13.9. The number of aromatic nitrogens is 2. The van der Waals surface area contributed by atoms with Crippen LogP contribution in [0.1, 0.15) is 54.9 Å². The molecule has 0 spiro atoms. The normalized spacial score (nSPS) is 27.2. The molecule has 2 unspecified atom stereocenters. The van der Waals surface area contributed by atoms with Gasteiger partial charge in [-0.15, -0.1) is 5.10 Å². The van der Waals surface area contributed by atoms with E-state index in [2.05, 4.69) is 21.8 Å². The highest BCUT2D eigenvalue weighted by Crippen LogP contribution is 2.32. The second-order valence-corrected chi connectivity index (χ2v) is 6.25. The van der Waals surface area contributed by atoms with Gasteiger partial charge in [-0.1, -0.05) is 31.2 Å². The number of rotatable bonds is 4. The van der Waals surface area contributed by atoms with Crippen LogP contribution in [0.3, 0.4) is 0 Å². The number of nitrogens with one attached hydrogen (secondary N) is 1. The molecule has 1 aromatic rings. The molecule has 1 saturated carbocycles. The molecule has 6 heteroatoms. The Morgan fingerprint density at radius 2 is 2.42 bits per heavy atom. The Balaban J connectivity index is 2.12. The molecule has 0 radical (unpaired) electrons. The molecule has 1 aliphatic rings. The molecule has 1 aliphatic carbocycles. The van der Waals surface area contributed by atoms with Crippen molar-refractivity contribution in [3.8, 4) is 0 Å². The third kappa shape index (κ3) is 3.12. The summed E-state index contributed by atoms with van der Waals surface area (Å²) in [5, 5.41) is 16.7. The first-order chi connectivity index (χ1) is 9.10. The summed E-state index contributed by atoms with van der Waals surface area (Å²) < 4.78 is 3.84. The average Bonchev–Trinajstić information content (AvgIpc) is 2.87. The summed E-state index contributed by atoms with van der Waals surface area (Å²) in [5.74, 6) is 0.390. The van der Waals surface area contributed by atoms with Crippen molar-refractivity contribution in [1.29, 1.82) is 0 Å². The van der Waals surface area contributed by atoms with Crippen molar-refractivity contribution in [3.63, 3.8) is 0 Å². The van der Waals surface area contributed by atoms with Gasteiger partial charge in [-0.3, -0.25) is 4.79 Å². The molecule has 1 heterocycles. The van der Waals surface area contributed by atoms with E-state index in [1.165, 1.54) is 6.42 Å². The van der Waals surface area contributed by atoms with Gasteiger partial charge in [-0.25, -0.2) is 0 Å². The quantitative estimate of drug-likeness (QED) is 0.883. The molecule has 106 valence electrons. The molecule has 2 atom stereocenters. The fraction of sp³-hybridized carbons (Fsp3) is 0.769. The van der Waals surface area contributed by atoms with Crippen molar-refractivity contribution in [2.24, 2.45) is 5.92 Å². The van der Waals surface area contributed by atoms with E-state index in [-0.39, 0.29) is 12.5 Å². The van der Waals surface area contributed by atoms with Crippen LogP contribution in [0.25, 0.3) is 0 Å². The second kappa shape index (κ2) is 5.96. The molecule has 1 fully saturated rings. The van der Waals surface area contributed by atoms with Crippen LogP contribution in [0.5, 0.6) is 0 Å². The van der Waals surface area contributed by atoms with Gasteiger partial charge in [0.2, 0.25) is 0 Å². The van der Waals surface area contributed by atoms with Gasteiger partial charge in [0.05, 0.1) is 17.8 Å². The molecule has 19 heavy (non-hydrogen) atoms. The maximum atomic E-state index is 12.3. The van der Waals surface area contributed by atoms with E-state index >= 15 is 0 Å². The summed E-state index contributed by atoms with van der Waals surface area (Å²) in [7, 11) is 0. The molecule has 0 aliphatic heterocycles. The monoisotopic (exact) mass is 283 g/mol. The van der Waals surface area contributed by atoms with Crippen LogP contribution in [0.15, 0.2) is 0 Å². The summed E-state index contributed by atoms with van der Waals surface area (Å²) in [6.07, 6.45) is 4.58. The lowest BCUT2D eigenvalue weighted by atomic mass is 9.77. The van der Waals surface area contributed by atoms with Crippen LogP contribution in [-0.4, -0.2) is 32.7 Å². The van der Waals surface area contributed by atoms with Crippen molar-refractivity contribution >= 4 is 17.4 Å². The fourth-order valence-corrected chi connectivity index (χ4v) is 3.51. The van der Waals surface area contributed by atoms with Crippen LogP contribution in [0.4, 0.5) is 0 Å². The average molecular weight is 283 g/mol. The van der Waals surface area contributed by atoms with Crippen LogP contribution in [0, 0.1) is 5.92 Å². The van der Waals surface area contributed by atoms with Crippen molar-refractivity contribution in [2.75, 3.05) is 6.61 Å². The number of hydrogen-bond acceptors (Lipinski definition) is 5. The van der Waals surface area contributed by atoms with Crippen LogP contribution in [-0.2, 0) is 6.42 Å². The zero-order valence-electron chi connectivity index (χ0n) is 11.5. The Labute approximate surface area is 117 Å². The zero-order valence-corrected chi connectivity index (χ0v) is 12.3. The van der Waals surface area contributed by atoms with E-state index in [9.17, 15) is 9.90 Å². The maximum absolute atomic E-state index is 12.3. The third-order valence-electron chi connectivity index (χ3n) is 3.87. The van der Waals surface area contributed by atoms with Crippen molar-refractivity contribution in [1.82, 2.24) is 14.9 Å². The standard InChI is InChI=1S/C13H21N3O2S/c1-3-10-11(19-16-15-10)12(18)14-13(8-17)6-4-5-9(2)7-13/h9,17H,3-8H2,1-2H3,(H,14,18). The van der Waals surface area contributed by atoms with Crippen LogP contribution < -0.4 is 5.32 Å². The number of carbonyl (C=O) groups excluding carboxylic acids is 1.